The molecule has 0 saturated carbocycles. The maximum Gasteiger partial charge on any atom is 0.240 e. The van der Waals surface area contributed by atoms with Gasteiger partial charge in [0.25, 0.3) is 0 Å². The van der Waals surface area contributed by atoms with Crippen molar-refractivity contribution in [3.63, 3.8) is 0 Å². The molecule has 0 aliphatic rings. The minimum absolute atomic E-state index is 0.308. The first-order valence-corrected chi connectivity index (χ1v) is 11.0. The summed E-state index contributed by atoms with van der Waals surface area (Å²) in [5.41, 5.74) is 0.629. The number of carbonyl (C=O) groups excluding carboxylic acids is 1. The van der Waals surface area contributed by atoms with Crippen molar-refractivity contribution in [1.29, 1.82) is 0 Å². The highest BCUT2D eigenvalue weighted by Gasteiger charge is 2.23. The molecule has 0 aromatic heterocycles. The van der Waals surface area contributed by atoms with Gasteiger partial charge in [0, 0.05) is 12.6 Å². The predicted octanol–water partition coefficient (Wildman–Crippen LogP) is 2.88. The van der Waals surface area contributed by atoms with E-state index in [4.69, 9.17) is 4.74 Å². The van der Waals surface area contributed by atoms with E-state index in [1.807, 2.05) is 31.2 Å². The molecule has 0 spiro atoms. The number of nitrogens with one attached hydrogen (secondary N) is 1. The van der Waals surface area contributed by atoms with Gasteiger partial charge in [-0.25, -0.2) is 17.2 Å². The maximum absolute atomic E-state index is 14.0. The summed E-state index contributed by atoms with van der Waals surface area (Å²) in [4.78, 5) is 12.2. The molecule has 6 nitrogen and oxygen atoms in total. The first-order chi connectivity index (χ1) is 13.7. The summed E-state index contributed by atoms with van der Waals surface area (Å²) >= 11 is 0. The Labute approximate surface area is 169 Å². The Morgan fingerprint density at radius 1 is 1.17 bits per heavy atom. The van der Waals surface area contributed by atoms with E-state index in [0.717, 1.165) is 29.7 Å². The number of rotatable bonds is 10. The Morgan fingerprint density at radius 2 is 1.90 bits per heavy atom. The molecule has 0 bridgehead atoms. The largest absolute Gasteiger partial charge is 0.494 e. The number of halogens is 2. The molecule has 1 amide bonds. The van der Waals surface area contributed by atoms with Crippen LogP contribution in [0, 0.1) is 11.6 Å². The standard InChI is InChI=1S/C20H24F2N2O4S/c1-3-28-19-9-5-4-7-15(19)8-6-12-23-20(25)14-24(29(2,26)27)18-11-10-16(21)13-17(18)22/h4-5,7,9-11,13H,3,6,8,12,14H2,1-2H3,(H,23,25). The molecular formula is C20H24F2N2O4S. The third kappa shape index (κ3) is 6.70. The monoisotopic (exact) mass is 426 g/mol. The van der Waals surface area contributed by atoms with Crippen LogP contribution < -0.4 is 14.4 Å². The number of ether oxygens (including phenoxy) is 1. The van der Waals surface area contributed by atoms with Crippen molar-refractivity contribution in [2.24, 2.45) is 0 Å². The van der Waals surface area contributed by atoms with Crippen molar-refractivity contribution < 1.29 is 26.7 Å². The number of benzene rings is 2. The Kier molecular flexibility index (Phi) is 7.95. The molecule has 0 unspecified atom stereocenters. The van der Waals surface area contributed by atoms with Crippen molar-refractivity contribution in [2.75, 3.05) is 30.3 Å². The fraction of sp³-hybridized carbons (Fsp3) is 0.350. The normalized spacial score (nSPS) is 11.2. The average Bonchev–Trinajstić information content (AvgIpc) is 2.64. The van der Waals surface area contributed by atoms with Crippen LogP contribution in [0.1, 0.15) is 18.9 Å². The average molecular weight is 426 g/mol. The lowest BCUT2D eigenvalue weighted by atomic mass is 10.1. The molecule has 2 aromatic carbocycles. The van der Waals surface area contributed by atoms with Crippen LogP contribution in [0.4, 0.5) is 14.5 Å². The molecule has 158 valence electrons. The van der Waals surface area contributed by atoms with E-state index in [-0.39, 0.29) is 5.69 Å². The number of para-hydroxylation sites is 1. The van der Waals surface area contributed by atoms with Gasteiger partial charge < -0.3 is 10.1 Å². The minimum Gasteiger partial charge on any atom is -0.494 e. The number of carbonyl (C=O) groups is 1. The van der Waals surface area contributed by atoms with E-state index >= 15 is 0 Å². The lowest BCUT2D eigenvalue weighted by Gasteiger charge is -2.22. The maximum atomic E-state index is 14.0. The van der Waals surface area contributed by atoms with Crippen molar-refractivity contribution >= 4 is 21.6 Å². The summed E-state index contributed by atoms with van der Waals surface area (Å²) in [7, 11) is -3.94. The second kappa shape index (κ2) is 10.2. The number of nitrogens with zero attached hydrogens (tertiary/aromatic N) is 1. The lowest BCUT2D eigenvalue weighted by molar-refractivity contribution is -0.119. The quantitative estimate of drug-likeness (QED) is 0.593. The zero-order valence-electron chi connectivity index (χ0n) is 16.3. The smallest absolute Gasteiger partial charge is 0.240 e. The lowest BCUT2D eigenvalue weighted by Crippen LogP contribution is -2.41. The Balaban J connectivity index is 1.94. The number of sulfonamides is 1. The number of anilines is 1. The van der Waals surface area contributed by atoms with Crippen LogP contribution in [0.25, 0.3) is 0 Å². The third-order valence-corrected chi connectivity index (χ3v) is 5.21. The van der Waals surface area contributed by atoms with Crippen molar-refractivity contribution in [1.82, 2.24) is 5.32 Å². The molecule has 2 aromatic rings. The van der Waals surface area contributed by atoms with Gasteiger partial charge in [-0.2, -0.15) is 0 Å². The van der Waals surface area contributed by atoms with Crippen LogP contribution in [-0.4, -0.2) is 40.3 Å². The van der Waals surface area contributed by atoms with E-state index in [1.165, 1.54) is 0 Å². The fourth-order valence-corrected chi connectivity index (χ4v) is 3.62. The second-order valence-corrected chi connectivity index (χ2v) is 8.27. The number of hydrogen-bond donors (Lipinski definition) is 1. The number of aryl methyl sites for hydroxylation is 1. The summed E-state index contributed by atoms with van der Waals surface area (Å²) in [5.74, 6) is -1.69. The molecule has 0 aliphatic carbocycles. The zero-order valence-corrected chi connectivity index (χ0v) is 17.1. The van der Waals surface area contributed by atoms with E-state index < -0.39 is 34.1 Å². The van der Waals surface area contributed by atoms with Gasteiger partial charge in [0.2, 0.25) is 15.9 Å². The van der Waals surface area contributed by atoms with E-state index in [9.17, 15) is 22.0 Å². The van der Waals surface area contributed by atoms with Gasteiger partial charge in [-0.15, -0.1) is 0 Å². The molecule has 0 aliphatic heterocycles. The SMILES string of the molecule is CCOc1ccccc1CCCNC(=O)CN(c1ccc(F)cc1F)S(C)(=O)=O. The van der Waals surface area contributed by atoms with Crippen molar-refractivity contribution in [3.8, 4) is 5.75 Å². The van der Waals surface area contributed by atoms with Crippen molar-refractivity contribution in [2.45, 2.75) is 19.8 Å². The summed E-state index contributed by atoms with van der Waals surface area (Å²) < 4.78 is 57.2. The summed E-state index contributed by atoms with van der Waals surface area (Å²) in [6.45, 7) is 2.16. The molecule has 0 radical (unpaired) electrons. The Hall–Kier alpha value is -2.68. The summed E-state index contributed by atoms with van der Waals surface area (Å²) in [6, 6.07) is 10.1. The topological polar surface area (TPSA) is 75.7 Å². The van der Waals surface area contributed by atoms with Crippen LogP contribution in [0.5, 0.6) is 5.75 Å². The number of amides is 1. The first kappa shape index (κ1) is 22.6. The molecule has 29 heavy (non-hydrogen) atoms. The fourth-order valence-electron chi connectivity index (χ4n) is 2.76. The van der Waals surface area contributed by atoms with Crippen LogP contribution >= 0.6 is 0 Å². The molecular weight excluding hydrogens is 402 g/mol. The van der Waals surface area contributed by atoms with Gasteiger partial charge in [-0.3, -0.25) is 9.10 Å². The summed E-state index contributed by atoms with van der Waals surface area (Å²) in [6.07, 6.45) is 2.13. The van der Waals surface area contributed by atoms with Crippen LogP contribution in [-0.2, 0) is 21.2 Å². The van der Waals surface area contributed by atoms with Crippen LogP contribution in [0.3, 0.4) is 0 Å². The molecule has 0 heterocycles. The van der Waals surface area contributed by atoms with E-state index in [2.05, 4.69) is 5.32 Å². The summed E-state index contributed by atoms with van der Waals surface area (Å²) in [5, 5.41) is 2.63. The Bertz CT molecular complexity index is 951. The molecule has 0 fully saturated rings. The minimum atomic E-state index is -3.94. The van der Waals surface area contributed by atoms with Gasteiger partial charge in [-0.05, 0) is 43.5 Å². The zero-order chi connectivity index (χ0) is 21.4. The predicted molar refractivity (Wildman–Crippen MR) is 107 cm³/mol. The van der Waals surface area contributed by atoms with Gasteiger partial charge in [0.15, 0.2) is 0 Å². The highest BCUT2D eigenvalue weighted by Crippen LogP contribution is 2.22. The van der Waals surface area contributed by atoms with E-state index in [0.29, 0.717) is 36.4 Å². The molecule has 1 N–H and O–H groups in total. The second-order valence-electron chi connectivity index (χ2n) is 6.36. The first-order valence-electron chi connectivity index (χ1n) is 9.12. The van der Waals surface area contributed by atoms with E-state index in [1.54, 1.807) is 0 Å². The van der Waals surface area contributed by atoms with Gasteiger partial charge in [-0.1, -0.05) is 18.2 Å². The van der Waals surface area contributed by atoms with Crippen LogP contribution in [0.15, 0.2) is 42.5 Å². The molecule has 0 atom stereocenters. The molecule has 0 saturated heterocycles. The highest BCUT2D eigenvalue weighted by atomic mass is 32.2. The van der Waals surface area contributed by atoms with Crippen molar-refractivity contribution in [3.05, 3.63) is 59.7 Å². The molecule has 9 heteroatoms. The number of hydrogen-bond acceptors (Lipinski definition) is 4. The van der Waals surface area contributed by atoms with Gasteiger partial charge >= 0.3 is 0 Å². The third-order valence-electron chi connectivity index (χ3n) is 4.08. The van der Waals surface area contributed by atoms with Crippen LogP contribution in [0.2, 0.25) is 0 Å². The van der Waals surface area contributed by atoms with Gasteiger partial charge in [0.1, 0.15) is 23.9 Å². The molecule has 2 rings (SSSR count). The highest BCUT2D eigenvalue weighted by molar-refractivity contribution is 7.92. The Morgan fingerprint density at radius 3 is 2.55 bits per heavy atom. The van der Waals surface area contributed by atoms with Gasteiger partial charge in [0.05, 0.1) is 18.6 Å².